The van der Waals surface area contributed by atoms with E-state index < -0.39 is 6.10 Å². The van der Waals surface area contributed by atoms with E-state index in [0.29, 0.717) is 5.92 Å². The number of hydrogen-bond donors (Lipinski definition) is 1. The van der Waals surface area contributed by atoms with Gasteiger partial charge in [-0.25, -0.2) is 4.68 Å². The van der Waals surface area contributed by atoms with Gasteiger partial charge in [-0.05, 0) is 26.2 Å². The SMILES string of the molecule is CCCn1nncc1C(O)C1C(C)OC(C)C1C. The Hall–Kier alpha value is -0.940. The van der Waals surface area contributed by atoms with Crippen molar-refractivity contribution < 1.29 is 9.84 Å². The second-order valence-corrected chi connectivity index (χ2v) is 5.31. The highest BCUT2D eigenvalue weighted by molar-refractivity contribution is 5.05. The predicted octanol–water partition coefficient (Wildman–Crippen LogP) is 1.78. The van der Waals surface area contributed by atoms with E-state index in [-0.39, 0.29) is 18.1 Å². The molecule has 1 saturated heterocycles. The van der Waals surface area contributed by atoms with Gasteiger partial charge in [-0.3, -0.25) is 0 Å². The molecule has 1 N–H and O–H groups in total. The molecule has 0 saturated carbocycles. The van der Waals surface area contributed by atoms with Crippen molar-refractivity contribution in [1.82, 2.24) is 15.0 Å². The van der Waals surface area contributed by atoms with Gasteiger partial charge in [-0.2, -0.15) is 0 Å². The summed E-state index contributed by atoms with van der Waals surface area (Å²) in [6.07, 6.45) is 2.35. The van der Waals surface area contributed by atoms with Gasteiger partial charge in [0.25, 0.3) is 0 Å². The van der Waals surface area contributed by atoms with E-state index in [2.05, 4.69) is 31.1 Å². The van der Waals surface area contributed by atoms with Crippen molar-refractivity contribution in [2.45, 2.75) is 59.0 Å². The zero-order valence-electron chi connectivity index (χ0n) is 11.6. The minimum atomic E-state index is -0.554. The number of ether oxygens (including phenoxy) is 1. The second-order valence-electron chi connectivity index (χ2n) is 5.31. The standard InChI is InChI=1S/C13H23N3O2/c1-5-6-16-11(7-14-15-16)13(17)12-8(2)9(3)18-10(12)4/h7-10,12-13,17H,5-6H2,1-4H3. The fourth-order valence-electron chi connectivity index (χ4n) is 2.92. The molecule has 0 bridgehead atoms. The van der Waals surface area contributed by atoms with Gasteiger partial charge in [0.05, 0.1) is 24.1 Å². The van der Waals surface area contributed by atoms with Crippen LogP contribution in [0.4, 0.5) is 0 Å². The molecule has 0 aromatic carbocycles. The Bertz CT molecular complexity index is 393. The smallest absolute Gasteiger partial charge is 0.103 e. The molecule has 1 fully saturated rings. The zero-order chi connectivity index (χ0) is 13.3. The zero-order valence-corrected chi connectivity index (χ0v) is 11.6. The molecule has 5 unspecified atom stereocenters. The van der Waals surface area contributed by atoms with Crippen LogP contribution in [0.2, 0.25) is 0 Å². The molecule has 2 heterocycles. The normalized spacial score (nSPS) is 33.8. The van der Waals surface area contributed by atoms with E-state index in [4.69, 9.17) is 4.74 Å². The Morgan fingerprint density at radius 3 is 2.67 bits per heavy atom. The van der Waals surface area contributed by atoms with Crippen LogP contribution in [0.15, 0.2) is 6.20 Å². The number of nitrogens with zero attached hydrogens (tertiary/aromatic N) is 3. The Morgan fingerprint density at radius 1 is 1.39 bits per heavy atom. The molecule has 1 aliphatic heterocycles. The van der Waals surface area contributed by atoms with Gasteiger partial charge in [0.15, 0.2) is 0 Å². The van der Waals surface area contributed by atoms with E-state index in [9.17, 15) is 5.11 Å². The number of aryl methyl sites for hydroxylation is 1. The molecule has 0 amide bonds. The maximum atomic E-state index is 10.6. The highest BCUT2D eigenvalue weighted by Gasteiger charge is 2.42. The first kappa shape index (κ1) is 13.5. The quantitative estimate of drug-likeness (QED) is 0.888. The number of hydrogen-bond acceptors (Lipinski definition) is 4. The fourth-order valence-corrected chi connectivity index (χ4v) is 2.92. The molecule has 0 aliphatic carbocycles. The summed E-state index contributed by atoms with van der Waals surface area (Å²) < 4.78 is 7.59. The lowest BCUT2D eigenvalue weighted by molar-refractivity contribution is 0.0202. The minimum absolute atomic E-state index is 0.0648. The van der Waals surface area contributed by atoms with Gasteiger partial charge in [0, 0.05) is 12.5 Å². The first-order valence-corrected chi connectivity index (χ1v) is 6.78. The van der Waals surface area contributed by atoms with Crippen molar-refractivity contribution in [3.05, 3.63) is 11.9 Å². The van der Waals surface area contributed by atoms with Crippen LogP contribution in [-0.4, -0.2) is 32.3 Å². The average Bonchev–Trinajstić information content (AvgIpc) is 2.86. The van der Waals surface area contributed by atoms with Gasteiger partial charge in [0.1, 0.15) is 6.10 Å². The van der Waals surface area contributed by atoms with Gasteiger partial charge in [0.2, 0.25) is 0 Å². The predicted molar refractivity (Wildman–Crippen MR) is 67.9 cm³/mol. The average molecular weight is 253 g/mol. The van der Waals surface area contributed by atoms with E-state index >= 15 is 0 Å². The monoisotopic (exact) mass is 253 g/mol. The molecular weight excluding hydrogens is 230 g/mol. The van der Waals surface area contributed by atoms with Crippen LogP contribution in [0, 0.1) is 11.8 Å². The van der Waals surface area contributed by atoms with Gasteiger partial charge in [-0.15, -0.1) is 5.10 Å². The van der Waals surface area contributed by atoms with Crippen LogP contribution in [0.5, 0.6) is 0 Å². The molecular formula is C13H23N3O2. The molecule has 0 spiro atoms. The molecule has 1 aromatic rings. The molecule has 5 atom stereocenters. The minimum Gasteiger partial charge on any atom is -0.386 e. The Kier molecular flexibility index (Phi) is 4.02. The molecule has 1 aromatic heterocycles. The lowest BCUT2D eigenvalue weighted by Gasteiger charge is -2.24. The topological polar surface area (TPSA) is 60.2 Å². The summed E-state index contributed by atoms with van der Waals surface area (Å²) in [6, 6.07) is 0. The van der Waals surface area contributed by atoms with E-state index in [1.807, 2.05) is 6.92 Å². The molecule has 0 radical (unpaired) electrons. The molecule has 18 heavy (non-hydrogen) atoms. The van der Waals surface area contributed by atoms with Crippen LogP contribution in [-0.2, 0) is 11.3 Å². The number of aromatic nitrogens is 3. The maximum absolute atomic E-state index is 10.6. The summed E-state index contributed by atoms with van der Waals surface area (Å²) in [4.78, 5) is 0. The van der Waals surface area contributed by atoms with Gasteiger partial charge in [-0.1, -0.05) is 19.1 Å². The number of rotatable bonds is 4. The Balaban J connectivity index is 2.20. The van der Waals surface area contributed by atoms with Gasteiger partial charge < -0.3 is 9.84 Å². The van der Waals surface area contributed by atoms with Crippen LogP contribution in [0.25, 0.3) is 0 Å². The highest BCUT2D eigenvalue weighted by atomic mass is 16.5. The van der Waals surface area contributed by atoms with E-state index in [0.717, 1.165) is 18.7 Å². The summed E-state index contributed by atoms with van der Waals surface area (Å²) in [7, 11) is 0. The summed E-state index contributed by atoms with van der Waals surface area (Å²) >= 11 is 0. The third-order valence-corrected chi connectivity index (χ3v) is 4.07. The van der Waals surface area contributed by atoms with Crippen molar-refractivity contribution in [3.8, 4) is 0 Å². The first-order chi connectivity index (χ1) is 8.56. The van der Waals surface area contributed by atoms with Crippen LogP contribution >= 0.6 is 0 Å². The van der Waals surface area contributed by atoms with Crippen LogP contribution in [0.1, 0.15) is 45.9 Å². The van der Waals surface area contributed by atoms with Crippen LogP contribution in [0.3, 0.4) is 0 Å². The van der Waals surface area contributed by atoms with E-state index in [1.54, 1.807) is 10.9 Å². The summed E-state index contributed by atoms with van der Waals surface area (Å²) in [5.74, 6) is 0.439. The second kappa shape index (κ2) is 5.36. The third kappa shape index (κ3) is 2.29. The maximum Gasteiger partial charge on any atom is 0.103 e. The van der Waals surface area contributed by atoms with Gasteiger partial charge >= 0.3 is 0 Å². The van der Waals surface area contributed by atoms with Crippen LogP contribution < -0.4 is 0 Å². The lowest BCUT2D eigenvalue weighted by atomic mass is 9.84. The fraction of sp³-hybridized carbons (Fsp3) is 0.846. The summed E-state index contributed by atoms with van der Waals surface area (Å²) in [6.45, 7) is 9.11. The molecule has 1 aliphatic rings. The van der Waals surface area contributed by atoms with Crippen molar-refractivity contribution in [3.63, 3.8) is 0 Å². The summed E-state index contributed by atoms with van der Waals surface area (Å²) in [5.41, 5.74) is 0.804. The molecule has 102 valence electrons. The van der Waals surface area contributed by atoms with Crippen molar-refractivity contribution in [1.29, 1.82) is 0 Å². The molecule has 2 rings (SSSR count). The summed E-state index contributed by atoms with van der Waals surface area (Å²) in [5, 5.41) is 18.5. The highest BCUT2D eigenvalue weighted by Crippen LogP contribution is 2.40. The van der Waals surface area contributed by atoms with Crippen molar-refractivity contribution >= 4 is 0 Å². The number of aliphatic hydroxyl groups is 1. The van der Waals surface area contributed by atoms with Crippen molar-refractivity contribution in [2.75, 3.05) is 0 Å². The van der Waals surface area contributed by atoms with E-state index in [1.165, 1.54) is 0 Å². The molecule has 5 heteroatoms. The number of aliphatic hydroxyl groups excluding tert-OH is 1. The Morgan fingerprint density at radius 2 is 2.11 bits per heavy atom. The first-order valence-electron chi connectivity index (χ1n) is 6.78. The lowest BCUT2D eigenvalue weighted by Crippen LogP contribution is -2.26. The van der Waals surface area contributed by atoms with Crippen molar-refractivity contribution in [2.24, 2.45) is 11.8 Å². The third-order valence-electron chi connectivity index (χ3n) is 4.07. The molecule has 5 nitrogen and oxygen atoms in total. The Labute approximate surface area is 108 Å². The largest absolute Gasteiger partial charge is 0.386 e.